The van der Waals surface area contributed by atoms with Crippen molar-refractivity contribution in [2.75, 3.05) is 13.2 Å². The number of hydrogen-bond donors (Lipinski definition) is 1. The van der Waals surface area contributed by atoms with Gasteiger partial charge in [0.25, 0.3) is 0 Å². The number of aryl methyl sites for hydroxylation is 1. The molecule has 1 aliphatic rings. The highest BCUT2D eigenvalue weighted by Gasteiger charge is 2.25. The van der Waals surface area contributed by atoms with Gasteiger partial charge < -0.3 is 10.5 Å². The third kappa shape index (κ3) is 1.97. The minimum Gasteiger partial charge on any atom is -0.376 e. The van der Waals surface area contributed by atoms with E-state index in [1.54, 1.807) is 0 Å². The Morgan fingerprint density at radius 2 is 2.36 bits per heavy atom. The van der Waals surface area contributed by atoms with Crippen molar-refractivity contribution in [2.24, 2.45) is 5.73 Å². The maximum Gasteiger partial charge on any atom is 0.0704 e. The summed E-state index contributed by atoms with van der Waals surface area (Å²) >= 11 is 0. The fraction of sp³-hybridized carbons (Fsp3) is 0.500. The molecule has 0 amide bonds. The van der Waals surface area contributed by atoms with E-state index in [0.29, 0.717) is 12.5 Å². The Balaban J connectivity index is 2.09. The molecule has 1 heterocycles. The van der Waals surface area contributed by atoms with Crippen molar-refractivity contribution in [1.82, 2.24) is 0 Å². The van der Waals surface area contributed by atoms with Gasteiger partial charge in [0.2, 0.25) is 0 Å². The predicted molar refractivity (Wildman–Crippen MR) is 57.3 cm³/mol. The molecule has 2 atom stereocenters. The summed E-state index contributed by atoms with van der Waals surface area (Å²) in [5.74, 6) is 0.545. The van der Waals surface area contributed by atoms with Crippen LogP contribution in [0.1, 0.15) is 23.5 Å². The van der Waals surface area contributed by atoms with Gasteiger partial charge >= 0.3 is 0 Å². The molecule has 1 saturated heterocycles. The molecule has 76 valence electrons. The molecule has 0 spiro atoms. The fourth-order valence-corrected chi connectivity index (χ4v) is 2.03. The fourth-order valence-electron chi connectivity index (χ4n) is 2.03. The Kier molecular flexibility index (Phi) is 2.85. The highest BCUT2D eigenvalue weighted by Crippen LogP contribution is 2.29. The van der Waals surface area contributed by atoms with Crippen LogP contribution in [0.2, 0.25) is 0 Å². The topological polar surface area (TPSA) is 35.2 Å². The van der Waals surface area contributed by atoms with Crippen LogP contribution in [0.15, 0.2) is 24.3 Å². The molecule has 1 aliphatic heterocycles. The Hall–Kier alpha value is -0.860. The van der Waals surface area contributed by atoms with E-state index in [9.17, 15) is 0 Å². The summed E-state index contributed by atoms with van der Waals surface area (Å²) in [4.78, 5) is 0. The molecule has 1 fully saturated rings. The van der Waals surface area contributed by atoms with Gasteiger partial charge in [0.15, 0.2) is 0 Å². The molecule has 0 saturated carbocycles. The van der Waals surface area contributed by atoms with Gasteiger partial charge in [-0.3, -0.25) is 0 Å². The molecule has 1 aromatic rings. The lowest BCUT2D eigenvalue weighted by atomic mass is 9.95. The van der Waals surface area contributed by atoms with Crippen LogP contribution in [0.3, 0.4) is 0 Å². The van der Waals surface area contributed by atoms with E-state index in [2.05, 4.69) is 31.2 Å². The third-order valence-corrected chi connectivity index (χ3v) is 2.86. The lowest BCUT2D eigenvalue weighted by Crippen LogP contribution is -2.18. The predicted octanol–water partition coefficient (Wildman–Crippen LogP) is 1.83. The second-order valence-corrected chi connectivity index (χ2v) is 4.04. The standard InChI is InChI=1S/C12H17NO/c1-9-3-2-4-10(5-9)11-6-12(7-13)14-8-11/h2-5,11-12H,6-8,13H2,1H3. The molecule has 2 N–H and O–H groups in total. The summed E-state index contributed by atoms with van der Waals surface area (Å²) in [5.41, 5.74) is 8.29. The van der Waals surface area contributed by atoms with E-state index in [-0.39, 0.29) is 6.10 Å². The number of hydrogen-bond acceptors (Lipinski definition) is 2. The number of rotatable bonds is 2. The summed E-state index contributed by atoms with van der Waals surface area (Å²) < 4.78 is 5.58. The van der Waals surface area contributed by atoms with Crippen molar-refractivity contribution in [1.29, 1.82) is 0 Å². The number of nitrogens with two attached hydrogens (primary N) is 1. The van der Waals surface area contributed by atoms with Gasteiger partial charge in [-0.15, -0.1) is 0 Å². The zero-order chi connectivity index (χ0) is 9.97. The quantitative estimate of drug-likeness (QED) is 0.774. The molecule has 2 nitrogen and oxygen atoms in total. The van der Waals surface area contributed by atoms with E-state index in [1.165, 1.54) is 11.1 Å². The summed E-state index contributed by atoms with van der Waals surface area (Å²) in [6.45, 7) is 3.59. The van der Waals surface area contributed by atoms with Gasteiger partial charge in [0.1, 0.15) is 0 Å². The second kappa shape index (κ2) is 4.11. The molecule has 1 aromatic carbocycles. The van der Waals surface area contributed by atoms with Crippen LogP contribution >= 0.6 is 0 Å². The van der Waals surface area contributed by atoms with Gasteiger partial charge in [-0.2, -0.15) is 0 Å². The van der Waals surface area contributed by atoms with E-state index in [4.69, 9.17) is 10.5 Å². The van der Waals surface area contributed by atoms with Crippen molar-refractivity contribution < 1.29 is 4.74 Å². The minimum absolute atomic E-state index is 0.264. The summed E-state index contributed by atoms with van der Waals surface area (Å²) in [6.07, 6.45) is 1.33. The number of ether oxygens (including phenoxy) is 1. The summed E-state index contributed by atoms with van der Waals surface area (Å²) in [7, 11) is 0. The molecule has 2 unspecified atom stereocenters. The maximum absolute atomic E-state index is 5.58. The Morgan fingerprint density at radius 1 is 1.50 bits per heavy atom. The monoisotopic (exact) mass is 191 g/mol. The van der Waals surface area contributed by atoms with E-state index in [1.807, 2.05) is 0 Å². The highest BCUT2D eigenvalue weighted by atomic mass is 16.5. The molecule has 0 aliphatic carbocycles. The Bertz CT molecular complexity index is 311. The van der Waals surface area contributed by atoms with Crippen LogP contribution in [0.5, 0.6) is 0 Å². The van der Waals surface area contributed by atoms with Crippen molar-refractivity contribution in [2.45, 2.75) is 25.4 Å². The lowest BCUT2D eigenvalue weighted by Gasteiger charge is -2.08. The van der Waals surface area contributed by atoms with Crippen molar-refractivity contribution in [3.8, 4) is 0 Å². The first-order valence-electron chi connectivity index (χ1n) is 5.18. The summed E-state index contributed by atoms with van der Waals surface area (Å²) in [5, 5.41) is 0. The van der Waals surface area contributed by atoms with Gasteiger partial charge in [-0.05, 0) is 18.9 Å². The van der Waals surface area contributed by atoms with Crippen molar-refractivity contribution >= 4 is 0 Å². The van der Waals surface area contributed by atoms with Crippen LogP contribution in [-0.2, 0) is 4.74 Å². The number of benzene rings is 1. The van der Waals surface area contributed by atoms with Crippen LogP contribution in [0.4, 0.5) is 0 Å². The normalized spacial score (nSPS) is 26.7. The molecule has 0 aromatic heterocycles. The summed E-state index contributed by atoms with van der Waals surface area (Å²) in [6, 6.07) is 8.66. The molecule has 2 heteroatoms. The van der Waals surface area contributed by atoms with Gasteiger partial charge in [-0.1, -0.05) is 29.8 Å². The highest BCUT2D eigenvalue weighted by molar-refractivity contribution is 5.26. The zero-order valence-electron chi connectivity index (χ0n) is 8.57. The van der Waals surface area contributed by atoms with E-state index >= 15 is 0 Å². The minimum atomic E-state index is 0.264. The van der Waals surface area contributed by atoms with Gasteiger partial charge in [0, 0.05) is 12.5 Å². The lowest BCUT2D eigenvalue weighted by molar-refractivity contribution is 0.116. The smallest absolute Gasteiger partial charge is 0.0704 e. The van der Waals surface area contributed by atoms with Crippen molar-refractivity contribution in [3.63, 3.8) is 0 Å². The largest absolute Gasteiger partial charge is 0.376 e. The first-order chi connectivity index (χ1) is 6.79. The zero-order valence-corrected chi connectivity index (χ0v) is 8.57. The average molecular weight is 191 g/mol. The van der Waals surface area contributed by atoms with E-state index in [0.717, 1.165) is 13.0 Å². The molecule has 0 bridgehead atoms. The van der Waals surface area contributed by atoms with Gasteiger partial charge in [-0.25, -0.2) is 0 Å². The molecular weight excluding hydrogens is 174 g/mol. The first-order valence-corrected chi connectivity index (χ1v) is 5.18. The van der Waals surface area contributed by atoms with Crippen LogP contribution in [0, 0.1) is 6.92 Å². The maximum atomic E-state index is 5.58. The Labute approximate surface area is 85.1 Å². The SMILES string of the molecule is Cc1cccc(C2COC(CN)C2)c1. The molecule has 2 rings (SSSR count). The molecular formula is C12H17NO. The van der Waals surface area contributed by atoms with Crippen LogP contribution in [0.25, 0.3) is 0 Å². The Morgan fingerprint density at radius 3 is 3.00 bits per heavy atom. The van der Waals surface area contributed by atoms with Crippen molar-refractivity contribution in [3.05, 3.63) is 35.4 Å². The van der Waals surface area contributed by atoms with Gasteiger partial charge in [0.05, 0.1) is 12.7 Å². The third-order valence-electron chi connectivity index (χ3n) is 2.86. The van der Waals surface area contributed by atoms with E-state index < -0.39 is 0 Å². The first kappa shape index (κ1) is 9.69. The second-order valence-electron chi connectivity index (χ2n) is 4.04. The molecule has 14 heavy (non-hydrogen) atoms. The van der Waals surface area contributed by atoms with Crippen LogP contribution < -0.4 is 5.73 Å². The molecule has 0 radical (unpaired) electrons. The average Bonchev–Trinajstić information content (AvgIpc) is 2.66. The van der Waals surface area contributed by atoms with Crippen LogP contribution in [-0.4, -0.2) is 19.3 Å².